The van der Waals surface area contributed by atoms with Gasteiger partial charge in [0.2, 0.25) is 0 Å². The Bertz CT molecular complexity index is 339. The van der Waals surface area contributed by atoms with E-state index in [1.54, 1.807) is 12.1 Å². The first-order valence-electron chi connectivity index (χ1n) is 3.96. The van der Waals surface area contributed by atoms with Crippen molar-refractivity contribution in [3.63, 3.8) is 0 Å². The van der Waals surface area contributed by atoms with Crippen LogP contribution in [-0.4, -0.2) is 17.7 Å². The van der Waals surface area contributed by atoms with Crippen LogP contribution in [-0.2, 0) is 0 Å². The fourth-order valence-corrected chi connectivity index (χ4v) is 0.831. The standard InChI is InChI=1S/C8H10N4O2.ClH/c9-5-6-10-11-7-1-3-8(4-2-7)12(13)14;/h1-4,6,11H,5,9H2;1H. The van der Waals surface area contributed by atoms with Crippen molar-refractivity contribution in [1.29, 1.82) is 0 Å². The third-order valence-electron chi connectivity index (χ3n) is 1.47. The maximum atomic E-state index is 10.3. The van der Waals surface area contributed by atoms with Gasteiger partial charge in [-0.05, 0) is 12.1 Å². The van der Waals surface area contributed by atoms with E-state index in [-0.39, 0.29) is 18.1 Å². The minimum atomic E-state index is -0.451. The average molecular weight is 231 g/mol. The molecule has 0 unspecified atom stereocenters. The number of rotatable bonds is 4. The number of nitrogens with one attached hydrogen (secondary N) is 1. The van der Waals surface area contributed by atoms with Gasteiger partial charge in [-0.25, -0.2) is 0 Å². The predicted molar refractivity (Wildman–Crippen MR) is 61.5 cm³/mol. The quantitative estimate of drug-likeness (QED) is 0.464. The van der Waals surface area contributed by atoms with Crippen LogP contribution in [0.4, 0.5) is 11.4 Å². The lowest BCUT2D eigenvalue weighted by molar-refractivity contribution is -0.384. The lowest BCUT2D eigenvalue weighted by Gasteiger charge is -1.98. The molecule has 1 rings (SSSR count). The van der Waals surface area contributed by atoms with Gasteiger partial charge in [-0.3, -0.25) is 15.5 Å². The van der Waals surface area contributed by atoms with Gasteiger partial charge in [0.15, 0.2) is 0 Å². The second-order valence-corrected chi connectivity index (χ2v) is 2.46. The van der Waals surface area contributed by atoms with Crippen molar-refractivity contribution in [1.82, 2.24) is 0 Å². The van der Waals surface area contributed by atoms with Crippen molar-refractivity contribution in [3.8, 4) is 0 Å². The van der Waals surface area contributed by atoms with Crippen molar-refractivity contribution < 1.29 is 4.92 Å². The van der Waals surface area contributed by atoms with Gasteiger partial charge >= 0.3 is 0 Å². The Morgan fingerprint density at radius 1 is 1.47 bits per heavy atom. The lowest BCUT2D eigenvalue weighted by Crippen LogP contribution is -2.01. The van der Waals surface area contributed by atoms with Crippen LogP contribution < -0.4 is 11.2 Å². The fraction of sp³-hybridized carbons (Fsp3) is 0.125. The van der Waals surface area contributed by atoms with E-state index in [2.05, 4.69) is 10.5 Å². The molecule has 0 radical (unpaired) electrons. The summed E-state index contributed by atoms with van der Waals surface area (Å²) in [5.41, 5.74) is 8.59. The second-order valence-electron chi connectivity index (χ2n) is 2.46. The minimum Gasteiger partial charge on any atom is -0.326 e. The number of nitrogens with zero attached hydrogens (tertiary/aromatic N) is 2. The molecule has 3 N–H and O–H groups in total. The molecular weight excluding hydrogens is 220 g/mol. The highest BCUT2D eigenvalue weighted by molar-refractivity contribution is 5.85. The monoisotopic (exact) mass is 230 g/mol. The van der Waals surface area contributed by atoms with E-state index >= 15 is 0 Å². The first-order valence-corrected chi connectivity index (χ1v) is 3.96. The van der Waals surface area contributed by atoms with Crippen molar-refractivity contribution in [2.24, 2.45) is 10.8 Å². The van der Waals surface area contributed by atoms with E-state index in [1.807, 2.05) is 0 Å². The topological polar surface area (TPSA) is 93.5 Å². The molecule has 6 nitrogen and oxygen atoms in total. The Kier molecular flexibility index (Phi) is 6.00. The van der Waals surface area contributed by atoms with Crippen LogP contribution in [0.5, 0.6) is 0 Å². The van der Waals surface area contributed by atoms with Gasteiger partial charge in [-0.1, -0.05) is 0 Å². The van der Waals surface area contributed by atoms with Gasteiger partial charge in [0, 0.05) is 24.9 Å². The van der Waals surface area contributed by atoms with Crippen LogP contribution in [0.15, 0.2) is 29.4 Å². The third-order valence-corrected chi connectivity index (χ3v) is 1.47. The molecule has 0 saturated carbocycles. The first-order chi connectivity index (χ1) is 6.74. The van der Waals surface area contributed by atoms with Crippen LogP contribution in [0.1, 0.15) is 0 Å². The zero-order valence-corrected chi connectivity index (χ0v) is 8.61. The summed E-state index contributed by atoms with van der Waals surface area (Å²) >= 11 is 0. The Labute approximate surface area is 92.7 Å². The molecule has 0 atom stereocenters. The number of non-ortho nitro benzene ring substituents is 1. The molecule has 7 heteroatoms. The highest BCUT2D eigenvalue weighted by Crippen LogP contribution is 2.14. The molecule has 0 amide bonds. The van der Waals surface area contributed by atoms with Crippen molar-refractivity contribution in [2.75, 3.05) is 12.0 Å². The Morgan fingerprint density at radius 2 is 2.07 bits per heavy atom. The number of hydrazone groups is 1. The van der Waals surface area contributed by atoms with Crippen LogP contribution in [0, 0.1) is 10.1 Å². The summed E-state index contributed by atoms with van der Waals surface area (Å²) in [6.07, 6.45) is 1.50. The number of anilines is 1. The molecular formula is C8H11ClN4O2. The second kappa shape index (κ2) is 6.74. The number of hydrogen-bond donors (Lipinski definition) is 2. The molecule has 1 aromatic rings. The summed E-state index contributed by atoms with van der Waals surface area (Å²) < 4.78 is 0. The van der Waals surface area contributed by atoms with E-state index in [0.29, 0.717) is 12.2 Å². The summed E-state index contributed by atoms with van der Waals surface area (Å²) in [5, 5.41) is 14.1. The number of nitro groups is 1. The Morgan fingerprint density at radius 3 is 2.53 bits per heavy atom. The maximum Gasteiger partial charge on any atom is 0.269 e. The summed E-state index contributed by atoms with van der Waals surface area (Å²) in [6, 6.07) is 5.96. The summed E-state index contributed by atoms with van der Waals surface area (Å²) in [5.74, 6) is 0. The van der Waals surface area contributed by atoms with Crippen LogP contribution >= 0.6 is 12.4 Å². The van der Waals surface area contributed by atoms with Crippen molar-refractivity contribution >= 4 is 30.0 Å². The molecule has 0 heterocycles. The third kappa shape index (κ3) is 4.39. The smallest absolute Gasteiger partial charge is 0.269 e. The fourth-order valence-electron chi connectivity index (χ4n) is 0.831. The van der Waals surface area contributed by atoms with Gasteiger partial charge < -0.3 is 5.73 Å². The molecule has 15 heavy (non-hydrogen) atoms. The number of benzene rings is 1. The number of halogens is 1. The Balaban J connectivity index is 0.00000196. The molecule has 0 fully saturated rings. The summed E-state index contributed by atoms with van der Waals surface area (Å²) in [4.78, 5) is 9.86. The molecule has 0 aliphatic rings. The predicted octanol–water partition coefficient (Wildman–Crippen LogP) is 1.37. The molecule has 0 spiro atoms. The number of hydrogen-bond acceptors (Lipinski definition) is 5. The van der Waals surface area contributed by atoms with E-state index in [4.69, 9.17) is 5.73 Å². The molecule has 0 aliphatic heterocycles. The molecule has 0 aliphatic carbocycles. The summed E-state index contributed by atoms with van der Waals surface area (Å²) in [6.45, 7) is 0.347. The SMILES string of the molecule is Cl.NCC=NNc1ccc([N+](=O)[O-])cc1. The van der Waals surface area contributed by atoms with E-state index < -0.39 is 4.92 Å². The normalized spacial score (nSPS) is 9.67. The van der Waals surface area contributed by atoms with Gasteiger partial charge in [0.1, 0.15) is 0 Å². The largest absolute Gasteiger partial charge is 0.326 e. The summed E-state index contributed by atoms with van der Waals surface area (Å²) in [7, 11) is 0. The Hall–Kier alpha value is -1.66. The first kappa shape index (κ1) is 13.3. The van der Waals surface area contributed by atoms with E-state index in [0.717, 1.165) is 0 Å². The molecule has 1 aromatic carbocycles. The average Bonchev–Trinajstić information content (AvgIpc) is 2.19. The zero-order chi connectivity index (χ0) is 10.4. The van der Waals surface area contributed by atoms with Crippen LogP contribution in [0.25, 0.3) is 0 Å². The maximum absolute atomic E-state index is 10.3. The van der Waals surface area contributed by atoms with Crippen molar-refractivity contribution in [3.05, 3.63) is 34.4 Å². The van der Waals surface area contributed by atoms with E-state index in [1.165, 1.54) is 18.3 Å². The molecule has 0 saturated heterocycles. The van der Waals surface area contributed by atoms with E-state index in [9.17, 15) is 10.1 Å². The van der Waals surface area contributed by atoms with Gasteiger partial charge in [-0.15, -0.1) is 12.4 Å². The van der Waals surface area contributed by atoms with Gasteiger partial charge in [0.25, 0.3) is 5.69 Å². The highest BCUT2D eigenvalue weighted by atomic mass is 35.5. The van der Waals surface area contributed by atoms with Gasteiger partial charge in [0.05, 0.1) is 10.6 Å². The molecule has 0 aromatic heterocycles. The van der Waals surface area contributed by atoms with Gasteiger partial charge in [-0.2, -0.15) is 5.10 Å². The number of nitrogens with two attached hydrogens (primary N) is 1. The van der Waals surface area contributed by atoms with Crippen molar-refractivity contribution in [2.45, 2.75) is 0 Å². The minimum absolute atomic E-state index is 0. The van der Waals surface area contributed by atoms with Crippen LogP contribution in [0.3, 0.4) is 0 Å². The highest BCUT2D eigenvalue weighted by Gasteiger charge is 2.02. The molecule has 82 valence electrons. The van der Waals surface area contributed by atoms with Crippen LogP contribution in [0.2, 0.25) is 0 Å². The zero-order valence-electron chi connectivity index (χ0n) is 7.79. The molecule has 0 bridgehead atoms. The lowest BCUT2D eigenvalue weighted by atomic mass is 10.3. The number of nitro benzene ring substituents is 1.